The Morgan fingerprint density at radius 2 is 1.87 bits per heavy atom. The van der Waals surface area contributed by atoms with E-state index in [1.807, 2.05) is 6.92 Å². The maximum absolute atomic E-state index is 12.5. The molecule has 0 bridgehead atoms. The number of unbranched alkanes of at least 4 members (excludes halogenated alkanes) is 2. The summed E-state index contributed by atoms with van der Waals surface area (Å²) in [6, 6.07) is 8.41. The predicted molar refractivity (Wildman–Crippen MR) is 126 cm³/mol. The van der Waals surface area contributed by atoms with Gasteiger partial charge in [0.25, 0.3) is 5.91 Å². The molecule has 0 aliphatic carbocycles. The van der Waals surface area contributed by atoms with Crippen LogP contribution in [-0.2, 0) is 9.59 Å². The Hall–Kier alpha value is -1.86. The van der Waals surface area contributed by atoms with E-state index in [1.54, 1.807) is 37.3 Å². The minimum Gasteiger partial charge on any atom is -0.394 e. The summed E-state index contributed by atoms with van der Waals surface area (Å²) < 4.78 is 0.557. The summed E-state index contributed by atoms with van der Waals surface area (Å²) in [6.45, 7) is 3.70. The molecule has 1 aromatic carbocycles. The Labute approximate surface area is 194 Å². The number of nitrogens with one attached hydrogen (secondary N) is 1. The van der Waals surface area contributed by atoms with Gasteiger partial charge in [0.05, 0.1) is 25.6 Å². The lowest BCUT2D eigenvalue weighted by molar-refractivity contribution is -0.128. The van der Waals surface area contributed by atoms with Crippen LogP contribution < -0.4 is 11.1 Å². The zero-order valence-electron chi connectivity index (χ0n) is 16.6. The van der Waals surface area contributed by atoms with Gasteiger partial charge in [-0.1, -0.05) is 54.6 Å². The molecule has 2 aromatic rings. The van der Waals surface area contributed by atoms with Gasteiger partial charge in [-0.2, -0.15) is 0 Å². The van der Waals surface area contributed by atoms with Crippen molar-refractivity contribution in [2.24, 2.45) is 10.7 Å². The zero-order valence-corrected chi connectivity index (χ0v) is 19.7. The molecule has 2 amide bonds. The van der Waals surface area contributed by atoms with Crippen LogP contribution in [-0.4, -0.2) is 17.5 Å². The van der Waals surface area contributed by atoms with Crippen molar-refractivity contribution in [2.45, 2.75) is 39.5 Å². The molecule has 1 heterocycles. The molecule has 30 heavy (non-hydrogen) atoms. The number of carbonyl (C=O) groups excluding carboxylic acids is 2. The molecule has 0 unspecified atom stereocenters. The number of imide groups is 1. The third-order valence-electron chi connectivity index (χ3n) is 4.21. The van der Waals surface area contributed by atoms with Gasteiger partial charge in [-0.25, -0.2) is 4.99 Å². The molecule has 0 radical (unpaired) electrons. The van der Waals surface area contributed by atoms with Crippen LogP contribution in [0.4, 0.5) is 5.69 Å². The Balaban J connectivity index is 2.38. The van der Waals surface area contributed by atoms with Crippen molar-refractivity contribution in [1.82, 2.24) is 5.32 Å². The van der Waals surface area contributed by atoms with Crippen LogP contribution in [0.15, 0.2) is 46.6 Å². The van der Waals surface area contributed by atoms with Crippen LogP contribution in [0.25, 0.3) is 0 Å². The number of allylic oxidation sites excluding steroid dienone is 1. The molecule has 5 nitrogen and oxygen atoms in total. The molecule has 0 fully saturated rings. The number of thiophene rings is 1. The summed E-state index contributed by atoms with van der Waals surface area (Å²) in [7, 11) is 0. The third kappa shape index (κ3) is 6.84. The SMILES string of the molecule is CCCCCC(=O)NC(=O)C(N)=C(C)C(=Nc1ccc(Cl)cc1Cl)c1ccc(Cl)s1. The van der Waals surface area contributed by atoms with Gasteiger partial charge in [-0.3, -0.25) is 14.9 Å². The third-order valence-corrected chi connectivity index (χ3v) is 5.99. The minimum absolute atomic E-state index is 0.104. The van der Waals surface area contributed by atoms with E-state index < -0.39 is 5.91 Å². The molecule has 0 aliphatic rings. The van der Waals surface area contributed by atoms with Crippen molar-refractivity contribution in [2.75, 3.05) is 0 Å². The number of benzene rings is 1. The fourth-order valence-corrected chi connectivity index (χ4v) is 4.09. The van der Waals surface area contributed by atoms with Gasteiger partial charge in [0.2, 0.25) is 5.91 Å². The van der Waals surface area contributed by atoms with Gasteiger partial charge >= 0.3 is 0 Å². The van der Waals surface area contributed by atoms with Crippen LogP contribution >= 0.6 is 46.1 Å². The van der Waals surface area contributed by atoms with Crippen molar-refractivity contribution in [3.8, 4) is 0 Å². The van der Waals surface area contributed by atoms with E-state index in [-0.39, 0.29) is 18.0 Å². The molecule has 2 rings (SSSR count). The van der Waals surface area contributed by atoms with Gasteiger partial charge in [0.15, 0.2) is 0 Å². The van der Waals surface area contributed by atoms with Gasteiger partial charge in [-0.15, -0.1) is 11.3 Å². The lowest BCUT2D eigenvalue weighted by Crippen LogP contribution is -2.35. The van der Waals surface area contributed by atoms with Crippen molar-refractivity contribution in [3.05, 3.63) is 60.9 Å². The second-order valence-corrected chi connectivity index (χ2v) is 9.09. The van der Waals surface area contributed by atoms with Gasteiger partial charge in [-0.05, 0) is 43.7 Å². The lowest BCUT2D eigenvalue weighted by Gasteiger charge is -2.11. The van der Waals surface area contributed by atoms with E-state index in [4.69, 9.17) is 40.5 Å². The minimum atomic E-state index is -0.661. The fourth-order valence-electron chi connectivity index (χ4n) is 2.55. The number of nitrogens with two attached hydrogens (primary N) is 1. The Morgan fingerprint density at radius 1 is 1.13 bits per heavy atom. The Morgan fingerprint density at radius 3 is 2.47 bits per heavy atom. The number of aliphatic imine (C=N–C) groups is 1. The van der Waals surface area contributed by atoms with Crippen molar-refractivity contribution in [3.63, 3.8) is 0 Å². The maximum atomic E-state index is 12.5. The summed E-state index contributed by atoms with van der Waals surface area (Å²) in [5.74, 6) is -1.02. The Kier molecular flexibility index (Phi) is 9.37. The zero-order chi connectivity index (χ0) is 22.3. The first-order chi connectivity index (χ1) is 14.2. The highest BCUT2D eigenvalue weighted by Gasteiger charge is 2.19. The van der Waals surface area contributed by atoms with Crippen LogP contribution in [0.5, 0.6) is 0 Å². The number of nitrogens with zero attached hydrogens (tertiary/aromatic N) is 1. The normalized spacial score (nSPS) is 12.5. The summed E-state index contributed by atoms with van der Waals surface area (Å²) in [5.41, 5.74) is 7.27. The molecular formula is C21H22Cl3N3O2S. The Bertz CT molecular complexity index is 999. The van der Waals surface area contributed by atoms with Crippen LogP contribution in [0.3, 0.4) is 0 Å². The van der Waals surface area contributed by atoms with Gasteiger partial charge in [0.1, 0.15) is 5.70 Å². The van der Waals surface area contributed by atoms with E-state index in [0.29, 0.717) is 42.7 Å². The van der Waals surface area contributed by atoms with Crippen LogP contribution in [0.1, 0.15) is 44.4 Å². The molecule has 1 aromatic heterocycles. The molecule has 0 aliphatic heterocycles. The molecule has 160 valence electrons. The quantitative estimate of drug-likeness (QED) is 0.261. The maximum Gasteiger partial charge on any atom is 0.274 e. The first-order valence-corrected chi connectivity index (χ1v) is 11.3. The number of hydrogen-bond donors (Lipinski definition) is 2. The van der Waals surface area contributed by atoms with Crippen LogP contribution in [0, 0.1) is 0 Å². The molecule has 0 atom stereocenters. The molecule has 0 saturated carbocycles. The number of amides is 2. The monoisotopic (exact) mass is 485 g/mol. The molecule has 0 saturated heterocycles. The number of carbonyl (C=O) groups is 2. The van der Waals surface area contributed by atoms with Crippen molar-refractivity contribution >= 4 is 69.4 Å². The second-order valence-electron chi connectivity index (χ2n) is 6.53. The number of rotatable bonds is 8. The van der Waals surface area contributed by atoms with E-state index >= 15 is 0 Å². The average Bonchev–Trinajstić information content (AvgIpc) is 3.12. The van der Waals surface area contributed by atoms with Gasteiger partial charge < -0.3 is 5.73 Å². The first-order valence-electron chi connectivity index (χ1n) is 9.33. The largest absolute Gasteiger partial charge is 0.394 e. The van der Waals surface area contributed by atoms with Gasteiger partial charge in [0, 0.05) is 17.0 Å². The second kappa shape index (κ2) is 11.5. The highest BCUT2D eigenvalue weighted by molar-refractivity contribution is 7.18. The standard InChI is InChI=1S/C21H22Cl3N3O2S/c1-3-4-5-6-18(28)27-21(29)19(25)12(2)20(16-9-10-17(24)30-16)26-15-8-7-13(22)11-14(15)23/h7-11H,3-6,25H2,1-2H3,(H,27,28,29). The van der Waals surface area contributed by atoms with E-state index in [0.717, 1.165) is 12.8 Å². The highest BCUT2D eigenvalue weighted by Crippen LogP contribution is 2.31. The summed E-state index contributed by atoms with van der Waals surface area (Å²) >= 11 is 19.6. The average molecular weight is 487 g/mol. The summed E-state index contributed by atoms with van der Waals surface area (Å²) in [6.07, 6.45) is 2.89. The summed E-state index contributed by atoms with van der Waals surface area (Å²) in [4.78, 5) is 29.8. The van der Waals surface area contributed by atoms with Crippen LogP contribution in [0.2, 0.25) is 14.4 Å². The number of hydrogen-bond acceptors (Lipinski definition) is 5. The number of halogens is 3. The summed E-state index contributed by atoms with van der Waals surface area (Å²) in [5, 5.41) is 3.16. The lowest BCUT2D eigenvalue weighted by atomic mass is 10.1. The predicted octanol–water partition coefficient (Wildman–Crippen LogP) is 6.28. The topological polar surface area (TPSA) is 84.5 Å². The highest BCUT2D eigenvalue weighted by atomic mass is 35.5. The molecular weight excluding hydrogens is 465 g/mol. The first kappa shape index (κ1) is 24.4. The smallest absolute Gasteiger partial charge is 0.274 e. The fraction of sp³-hybridized carbons (Fsp3) is 0.286. The van der Waals surface area contributed by atoms with Crippen molar-refractivity contribution in [1.29, 1.82) is 0 Å². The van der Waals surface area contributed by atoms with E-state index in [1.165, 1.54) is 11.3 Å². The molecule has 0 spiro atoms. The van der Waals surface area contributed by atoms with Crippen molar-refractivity contribution < 1.29 is 9.59 Å². The molecule has 9 heteroatoms. The molecule has 3 N–H and O–H groups in total. The van der Waals surface area contributed by atoms with E-state index in [9.17, 15) is 9.59 Å². The van der Waals surface area contributed by atoms with E-state index in [2.05, 4.69) is 10.3 Å².